The summed E-state index contributed by atoms with van der Waals surface area (Å²) >= 11 is 12.1. The van der Waals surface area contributed by atoms with E-state index in [0.717, 1.165) is 36.0 Å². The first-order valence-electron chi connectivity index (χ1n) is 8.47. The standard InChI is InChI=1S/C19H19Cl2N3O/c20-16-4-3-13(10-17(16)21)11-23-8-5-15-18(23)6-9-24(19(15)25)12-14-2-1-7-22-14/h3-6,8-10,14,22H,1-2,7,11-12H2/t14-/m1/s1. The zero-order valence-electron chi connectivity index (χ0n) is 13.7. The van der Waals surface area contributed by atoms with Crippen LogP contribution in [0.5, 0.6) is 0 Å². The number of aromatic nitrogens is 2. The summed E-state index contributed by atoms with van der Waals surface area (Å²) in [6.07, 6.45) is 6.16. The maximum atomic E-state index is 12.8. The minimum absolute atomic E-state index is 0.0686. The number of hydrogen-bond acceptors (Lipinski definition) is 2. The first-order valence-corrected chi connectivity index (χ1v) is 9.23. The van der Waals surface area contributed by atoms with Crippen molar-refractivity contribution in [3.63, 3.8) is 0 Å². The second kappa shape index (κ2) is 6.87. The molecule has 4 rings (SSSR count). The van der Waals surface area contributed by atoms with Crippen molar-refractivity contribution in [1.82, 2.24) is 14.5 Å². The monoisotopic (exact) mass is 375 g/mol. The molecular formula is C19H19Cl2N3O. The van der Waals surface area contributed by atoms with Gasteiger partial charge in [0.05, 0.1) is 20.9 Å². The van der Waals surface area contributed by atoms with Gasteiger partial charge in [0.1, 0.15) is 0 Å². The third-order valence-corrected chi connectivity index (χ3v) is 5.57. The van der Waals surface area contributed by atoms with E-state index < -0.39 is 0 Å². The SMILES string of the molecule is O=c1c2ccn(Cc3ccc(Cl)c(Cl)c3)c2ccn1C[C@H]1CCCN1. The normalized spacial score (nSPS) is 17.4. The van der Waals surface area contributed by atoms with E-state index in [1.807, 2.05) is 41.2 Å². The summed E-state index contributed by atoms with van der Waals surface area (Å²) in [4.78, 5) is 12.8. The molecule has 3 aromatic rings. The maximum absolute atomic E-state index is 12.8. The van der Waals surface area contributed by atoms with Gasteiger partial charge in [-0.3, -0.25) is 4.79 Å². The maximum Gasteiger partial charge on any atom is 0.260 e. The lowest BCUT2D eigenvalue weighted by Crippen LogP contribution is -2.31. The fourth-order valence-corrected chi connectivity index (χ4v) is 3.82. The number of hydrogen-bond donors (Lipinski definition) is 1. The van der Waals surface area contributed by atoms with Gasteiger partial charge in [0.25, 0.3) is 5.56 Å². The molecule has 0 saturated carbocycles. The number of nitrogens with zero attached hydrogens (tertiary/aromatic N) is 2. The molecule has 4 nitrogen and oxygen atoms in total. The Hall–Kier alpha value is -1.75. The summed E-state index contributed by atoms with van der Waals surface area (Å²) in [5.74, 6) is 0. The summed E-state index contributed by atoms with van der Waals surface area (Å²) in [6, 6.07) is 9.92. The quantitative estimate of drug-likeness (QED) is 0.750. The van der Waals surface area contributed by atoms with Crippen LogP contribution < -0.4 is 10.9 Å². The molecule has 2 aromatic heterocycles. The van der Waals surface area contributed by atoms with Gasteiger partial charge >= 0.3 is 0 Å². The minimum atomic E-state index is 0.0686. The van der Waals surface area contributed by atoms with Gasteiger partial charge in [0, 0.05) is 31.5 Å². The van der Waals surface area contributed by atoms with Crippen molar-refractivity contribution >= 4 is 34.1 Å². The molecule has 1 aliphatic rings. The van der Waals surface area contributed by atoms with Crippen LogP contribution in [0.1, 0.15) is 18.4 Å². The smallest absolute Gasteiger partial charge is 0.260 e. The van der Waals surface area contributed by atoms with Gasteiger partial charge < -0.3 is 14.5 Å². The van der Waals surface area contributed by atoms with Gasteiger partial charge in [-0.15, -0.1) is 0 Å². The van der Waals surface area contributed by atoms with Crippen LogP contribution in [-0.2, 0) is 13.1 Å². The molecule has 0 aliphatic carbocycles. The molecule has 25 heavy (non-hydrogen) atoms. The molecule has 0 radical (unpaired) electrons. The lowest BCUT2D eigenvalue weighted by atomic mass is 10.2. The third-order valence-electron chi connectivity index (χ3n) is 4.83. The van der Waals surface area contributed by atoms with E-state index in [1.54, 1.807) is 6.07 Å². The largest absolute Gasteiger partial charge is 0.343 e. The number of rotatable bonds is 4. The van der Waals surface area contributed by atoms with Crippen molar-refractivity contribution in [3.8, 4) is 0 Å². The van der Waals surface area contributed by atoms with Crippen molar-refractivity contribution in [2.75, 3.05) is 6.54 Å². The highest BCUT2D eigenvalue weighted by atomic mass is 35.5. The Morgan fingerprint density at radius 3 is 2.68 bits per heavy atom. The number of fused-ring (bicyclic) bond motifs is 1. The van der Waals surface area contributed by atoms with Crippen LogP contribution in [0.3, 0.4) is 0 Å². The molecule has 1 atom stereocenters. The van der Waals surface area contributed by atoms with Crippen LogP contribution in [0.25, 0.3) is 10.9 Å². The summed E-state index contributed by atoms with van der Waals surface area (Å²) < 4.78 is 3.88. The predicted molar refractivity (Wildman–Crippen MR) is 103 cm³/mol. The fourth-order valence-electron chi connectivity index (χ4n) is 3.50. The van der Waals surface area contributed by atoms with Crippen LogP contribution in [0, 0.1) is 0 Å². The van der Waals surface area contributed by atoms with Gasteiger partial charge in [-0.1, -0.05) is 29.3 Å². The van der Waals surface area contributed by atoms with Crippen LogP contribution in [0.4, 0.5) is 0 Å². The van der Waals surface area contributed by atoms with Gasteiger partial charge in [-0.05, 0) is 49.2 Å². The first kappa shape index (κ1) is 16.7. The Kier molecular flexibility index (Phi) is 4.59. The van der Waals surface area contributed by atoms with E-state index in [1.165, 1.54) is 6.42 Å². The average Bonchev–Trinajstić information content (AvgIpc) is 3.24. The zero-order valence-corrected chi connectivity index (χ0v) is 15.2. The van der Waals surface area contributed by atoms with Crippen LogP contribution in [-0.4, -0.2) is 21.7 Å². The number of halogens is 2. The highest BCUT2D eigenvalue weighted by Crippen LogP contribution is 2.24. The van der Waals surface area contributed by atoms with E-state index in [4.69, 9.17) is 23.2 Å². The van der Waals surface area contributed by atoms with Crippen molar-refractivity contribution in [2.24, 2.45) is 0 Å². The Balaban J connectivity index is 1.64. The molecule has 1 aliphatic heterocycles. The molecule has 1 aromatic carbocycles. The Morgan fingerprint density at radius 1 is 1.08 bits per heavy atom. The van der Waals surface area contributed by atoms with Crippen molar-refractivity contribution in [2.45, 2.75) is 32.0 Å². The molecule has 0 bridgehead atoms. The van der Waals surface area contributed by atoms with E-state index in [0.29, 0.717) is 22.6 Å². The lowest BCUT2D eigenvalue weighted by Gasteiger charge is -2.13. The molecule has 0 unspecified atom stereocenters. The summed E-state index contributed by atoms with van der Waals surface area (Å²) in [7, 11) is 0. The molecule has 0 spiro atoms. The summed E-state index contributed by atoms with van der Waals surface area (Å²) in [6.45, 7) is 2.42. The van der Waals surface area contributed by atoms with E-state index in [-0.39, 0.29) is 5.56 Å². The van der Waals surface area contributed by atoms with Crippen molar-refractivity contribution < 1.29 is 0 Å². The molecule has 1 saturated heterocycles. The van der Waals surface area contributed by atoms with E-state index >= 15 is 0 Å². The molecule has 1 N–H and O–H groups in total. The number of nitrogens with one attached hydrogen (secondary N) is 1. The molecular weight excluding hydrogens is 357 g/mol. The number of pyridine rings is 1. The fraction of sp³-hybridized carbons (Fsp3) is 0.316. The molecule has 0 amide bonds. The highest BCUT2D eigenvalue weighted by molar-refractivity contribution is 6.42. The van der Waals surface area contributed by atoms with Crippen molar-refractivity contribution in [3.05, 3.63) is 68.7 Å². The van der Waals surface area contributed by atoms with Crippen LogP contribution >= 0.6 is 23.2 Å². The molecule has 130 valence electrons. The third kappa shape index (κ3) is 3.34. The molecule has 6 heteroatoms. The highest BCUT2D eigenvalue weighted by Gasteiger charge is 2.16. The average molecular weight is 376 g/mol. The van der Waals surface area contributed by atoms with Gasteiger partial charge in [0.2, 0.25) is 0 Å². The second-order valence-corrected chi connectivity index (χ2v) is 7.37. The molecule has 3 heterocycles. The van der Waals surface area contributed by atoms with E-state index in [2.05, 4.69) is 9.88 Å². The van der Waals surface area contributed by atoms with Gasteiger partial charge in [0.15, 0.2) is 0 Å². The summed E-state index contributed by atoms with van der Waals surface area (Å²) in [5.41, 5.74) is 2.05. The zero-order chi connectivity index (χ0) is 17.4. The summed E-state index contributed by atoms with van der Waals surface area (Å²) in [5, 5.41) is 5.28. The lowest BCUT2D eigenvalue weighted by molar-refractivity contribution is 0.501. The number of benzene rings is 1. The van der Waals surface area contributed by atoms with Gasteiger partial charge in [-0.2, -0.15) is 0 Å². The van der Waals surface area contributed by atoms with Gasteiger partial charge in [-0.25, -0.2) is 0 Å². The minimum Gasteiger partial charge on any atom is -0.343 e. The topological polar surface area (TPSA) is 39.0 Å². The van der Waals surface area contributed by atoms with Crippen LogP contribution in [0.2, 0.25) is 10.0 Å². The Bertz CT molecular complexity index is 970. The predicted octanol–water partition coefficient (Wildman–Crippen LogP) is 3.91. The van der Waals surface area contributed by atoms with E-state index in [9.17, 15) is 4.79 Å². The Labute approximate surface area is 156 Å². The molecule has 1 fully saturated rings. The van der Waals surface area contributed by atoms with Crippen LogP contribution in [0.15, 0.2) is 47.5 Å². The Morgan fingerprint density at radius 2 is 1.92 bits per heavy atom. The first-order chi connectivity index (χ1) is 12.1. The van der Waals surface area contributed by atoms with Crippen molar-refractivity contribution in [1.29, 1.82) is 0 Å². The second-order valence-electron chi connectivity index (χ2n) is 6.56.